The second kappa shape index (κ2) is 3.31. The maximum atomic E-state index is 13.0. The third kappa shape index (κ3) is 1.51. The first-order valence-corrected chi connectivity index (χ1v) is 5.20. The van der Waals surface area contributed by atoms with Crippen LogP contribution in [0.2, 0.25) is 0 Å². The molecule has 0 aromatic carbocycles. The van der Waals surface area contributed by atoms with E-state index in [9.17, 15) is 4.39 Å². The van der Waals surface area contributed by atoms with Gasteiger partial charge in [-0.3, -0.25) is 0 Å². The Hall–Kier alpha value is -1.42. The molecule has 0 aliphatic carbocycles. The zero-order valence-corrected chi connectivity index (χ0v) is 8.28. The van der Waals surface area contributed by atoms with Crippen LogP contribution < -0.4 is 5.32 Å². The third-order valence-electron chi connectivity index (χ3n) is 2.85. The Balaban J connectivity index is 2.05. The van der Waals surface area contributed by atoms with Crippen LogP contribution in [-0.2, 0) is 0 Å². The van der Waals surface area contributed by atoms with Crippen molar-refractivity contribution in [2.24, 2.45) is 0 Å². The van der Waals surface area contributed by atoms with Gasteiger partial charge in [0.25, 0.3) is 0 Å². The number of aromatic nitrogens is 2. The molecule has 1 aliphatic heterocycles. The fourth-order valence-electron chi connectivity index (χ4n) is 2.09. The van der Waals surface area contributed by atoms with Gasteiger partial charge in [0.05, 0.1) is 11.7 Å². The fraction of sp³-hybridized carbons (Fsp3) is 0.364. The van der Waals surface area contributed by atoms with Crippen LogP contribution in [-0.4, -0.2) is 15.9 Å². The Kier molecular flexibility index (Phi) is 1.95. The van der Waals surface area contributed by atoms with Gasteiger partial charge in [-0.2, -0.15) is 0 Å². The summed E-state index contributed by atoms with van der Waals surface area (Å²) in [6.45, 7) is 1.05. The van der Waals surface area contributed by atoms with E-state index in [0.717, 1.165) is 24.3 Å². The van der Waals surface area contributed by atoms with Crippen LogP contribution in [0.3, 0.4) is 0 Å². The highest BCUT2D eigenvalue weighted by Gasteiger charge is 2.18. The van der Waals surface area contributed by atoms with Gasteiger partial charge in [-0.15, -0.1) is 0 Å². The van der Waals surface area contributed by atoms with E-state index >= 15 is 0 Å². The summed E-state index contributed by atoms with van der Waals surface area (Å²) in [6, 6.07) is 3.48. The molecule has 1 aliphatic rings. The van der Waals surface area contributed by atoms with Crippen molar-refractivity contribution in [3.63, 3.8) is 0 Å². The van der Waals surface area contributed by atoms with Gasteiger partial charge < -0.3 is 9.72 Å². The number of halogens is 1. The number of rotatable bonds is 1. The number of hydrogen-bond donors (Lipinski definition) is 1. The molecular formula is C11H12FN3. The number of imidazole rings is 1. The summed E-state index contributed by atoms with van der Waals surface area (Å²) in [5.41, 5.74) is 1.82. The first-order chi connectivity index (χ1) is 7.33. The molecule has 3 nitrogen and oxygen atoms in total. The lowest BCUT2D eigenvalue weighted by Gasteiger charge is -2.04. The molecule has 0 radical (unpaired) electrons. The van der Waals surface area contributed by atoms with Crippen LogP contribution in [0.5, 0.6) is 0 Å². The minimum absolute atomic E-state index is 0.231. The highest BCUT2D eigenvalue weighted by atomic mass is 19.1. The van der Waals surface area contributed by atoms with E-state index in [1.165, 1.54) is 18.7 Å². The van der Waals surface area contributed by atoms with Crippen molar-refractivity contribution in [2.75, 3.05) is 6.54 Å². The Labute approximate surface area is 86.9 Å². The van der Waals surface area contributed by atoms with Gasteiger partial charge in [0.2, 0.25) is 0 Å². The lowest BCUT2D eigenvalue weighted by molar-refractivity contribution is 0.618. The van der Waals surface area contributed by atoms with E-state index < -0.39 is 0 Å². The minimum atomic E-state index is -0.231. The van der Waals surface area contributed by atoms with Crippen molar-refractivity contribution in [2.45, 2.75) is 18.9 Å². The molecule has 3 rings (SSSR count). The number of fused-ring (bicyclic) bond motifs is 1. The van der Waals surface area contributed by atoms with Gasteiger partial charge >= 0.3 is 0 Å². The van der Waals surface area contributed by atoms with E-state index in [1.54, 1.807) is 10.5 Å². The standard InChI is InChI=1S/C11H12FN3/c12-8-3-4-11-14-10(7-15(11)6-8)9-2-1-5-13-9/h3-4,6-7,9,13H,1-2,5H2. The van der Waals surface area contributed by atoms with Gasteiger partial charge in [-0.1, -0.05) is 0 Å². The summed E-state index contributed by atoms with van der Waals surface area (Å²) in [5, 5.41) is 3.38. The van der Waals surface area contributed by atoms with Gasteiger partial charge in [-0.25, -0.2) is 9.37 Å². The number of nitrogens with zero attached hydrogens (tertiary/aromatic N) is 2. The second-order valence-electron chi connectivity index (χ2n) is 3.93. The van der Waals surface area contributed by atoms with Crippen LogP contribution in [0.4, 0.5) is 4.39 Å². The first kappa shape index (κ1) is 8.85. The average molecular weight is 205 g/mol. The van der Waals surface area contributed by atoms with Crippen LogP contribution >= 0.6 is 0 Å². The molecule has 0 amide bonds. The molecule has 1 atom stereocenters. The smallest absolute Gasteiger partial charge is 0.139 e. The molecule has 4 heteroatoms. The van der Waals surface area contributed by atoms with Crippen molar-refractivity contribution >= 4 is 5.65 Å². The summed E-state index contributed by atoms with van der Waals surface area (Å²) in [4.78, 5) is 4.47. The van der Waals surface area contributed by atoms with Crippen molar-refractivity contribution in [1.29, 1.82) is 0 Å². The summed E-state index contributed by atoms with van der Waals surface area (Å²) < 4.78 is 14.7. The van der Waals surface area contributed by atoms with Crippen LogP contribution in [0, 0.1) is 5.82 Å². The Bertz CT molecular complexity index is 486. The van der Waals surface area contributed by atoms with E-state index in [2.05, 4.69) is 10.3 Å². The zero-order valence-electron chi connectivity index (χ0n) is 8.28. The van der Waals surface area contributed by atoms with Crippen molar-refractivity contribution < 1.29 is 4.39 Å². The molecule has 0 bridgehead atoms. The van der Waals surface area contributed by atoms with Crippen LogP contribution in [0.25, 0.3) is 5.65 Å². The third-order valence-corrected chi connectivity index (χ3v) is 2.85. The maximum absolute atomic E-state index is 13.0. The highest BCUT2D eigenvalue weighted by molar-refractivity contribution is 5.40. The monoisotopic (exact) mass is 205 g/mol. The predicted octanol–water partition coefficient (Wildman–Crippen LogP) is 1.90. The van der Waals surface area contributed by atoms with Gasteiger partial charge in [-0.05, 0) is 31.5 Å². The molecule has 1 saturated heterocycles. The van der Waals surface area contributed by atoms with Gasteiger partial charge in [0.15, 0.2) is 0 Å². The largest absolute Gasteiger partial charge is 0.309 e. The van der Waals surface area contributed by atoms with E-state index in [0.29, 0.717) is 6.04 Å². The highest BCUT2D eigenvalue weighted by Crippen LogP contribution is 2.22. The van der Waals surface area contributed by atoms with Gasteiger partial charge in [0, 0.05) is 12.4 Å². The summed E-state index contributed by atoms with van der Waals surface area (Å²) >= 11 is 0. The second-order valence-corrected chi connectivity index (χ2v) is 3.93. The molecule has 1 N–H and O–H groups in total. The number of hydrogen-bond acceptors (Lipinski definition) is 2. The molecule has 0 spiro atoms. The molecule has 15 heavy (non-hydrogen) atoms. The van der Waals surface area contributed by atoms with Gasteiger partial charge in [0.1, 0.15) is 11.5 Å². The van der Waals surface area contributed by atoms with Crippen molar-refractivity contribution in [3.05, 3.63) is 36.0 Å². The summed E-state index contributed by atoms with van der Waals surface area (Å²) in [5.74, 6) is -0.231. The molecule has 0 saturated carbocycles. The Morgan fingerprint density at radius 1 is 1.40 bits per heavy atom. The van der Waals surface area contributed by atoms with E-state index in [4.69, 9.17) is 0 Å². The molecule has 1 unspecified atom stereocenters. The molecule has 78 valence electrons. The molecule has 3 heterocycles. The SMILES string of the molecule is Fc1ccc2nc(C3CCCN3)cn2c1. The lowest BCUT2D eigenvalue weighted by Crippen LogP contribution is -2.12. The zero-order chi connectivity index (χ0) is 10.3. The topological polar surface area (TPSA) is 29.3 Å². The quantitative estimate of drug-likeness (QED) is 0.770. The van der Waals surface area contributed by atoms with Crippen LogP contribution in [0.1, 0.15) is 24.6 Å². The van der Waals surface area contributed by atoms with Crippen molar-refractivity contribution in [1.82, 2.24) is 14.7 Å². The van der Waals surface area contributed by atoms with Crippen molar-refractivity contribution in [3.8, 4) is 0 Å². The molecular weight excluding hydrogens is 193 g/mol. The number of nitrogens with one attached hydrogen (secondary N) is 1. The summed E-state index contributed by atoms with van der Waals surface area (Å²) in [6.07, 6.45) is 5.67. The minimum Gasteiger partial charge on any atom is -0.309 e. The van der Waals surface area contributed by atoms with Crippen LogP contribution in [0.15, 0.2) is 24.5 Å². The van der Waals surface area contributed by atoms with E-state index in [-0.39, 0.29) is 5.82 Å². The normalized spacial score (nSPS) is 21.3. The lowest BCUT2D eigenvalue weighted by atomic mass is 10.2. The maximum Gasteiger partial charge on any atom is 0.139 e. The first-order valence-electron chi connectivity index (χ1n) is 5.20. The number of pyridine rings is 1. The molecule has 1 fully saturated rings. The predicted molar refractivity (Wildman–Crippen MR) is 55.1 cm³/mol. The summed E-state index contributed by atoms with van der Waals surface area (Å²) in [7, 11) is 0. The fourth-order valence-corrected chi connectivity index (χ4v) is 2.09. The van der Waals surface area contributed by atoms with E-state index in [1.807, 2.05) is 6.20 Å². The molecule has 2 aromatic rings. The Morgan fingerprint density at radius 3 is 3.13 bits per heavy atom. The molecule has 2 aromatic heterocycles. The average Bonchev–Trinajstić information content (AvgIpc) is 2.84. The Morgan fingerprint density at radius 2 is 2.33 bits per heavy atom.